The van der Waals surface area contributed by atoms with E-state index < -0.39 is 0 Å². The first-order valence-corrected chi connectivity index (χ1v) is 14.0. The predicted molar refractivity (Wildman–Crippen MR) is 174 cm³/mol. The van der Waals surface area contributed by atoms with Gasteiger partial charge in [-0.2, -0.15) is 5.26 Å². The van der Waals surface area contributed by atoms with E-state index in [0.717, 1.165) is 66.5 Å². The van der Waals surface area contributed by atoms with Gasteiger partial charge in [0.2, 0.25) is 5.69 Å². The minimum absolute atomic E-state index is 0.329. The third-order valence-electron chi connectivity index (χ3n) is 8.02. The third-order valence-corrected chi connectivity index (χ3v) is 8.02. The van der Waals surface area contributed by atoms with Crippen LogP contribution in [0.15, 0.2) is 138 Å². The Labute approximate surface area is 247 Å². The van der Waals surface area contributed by atoms with Crippen LogP contribution < -0.4 is 4.90 Å². The van der Waals surface area contributed by atoms with Gasteiger partial charge in [-0.3, -0.25) is 0 Å². The molecule has 2 heterocycles. The molecule has 0 spiro atoms. The Morgan fingerprint density at radius 1 is 0.651 bits per heavy atom. The first-order chi connectivity index (χ1) is 21.2. The van der Waals surface area contributed by atoms with Crippen molar-refractivity contribution in [2.45, 2.75) is 0 Å². The summed E-state index contributed by atoms with van der Waals surface area (Å²) >= 11 is 0. The molecule has 6 aromatic carbocycles. The van der Waals surface area contributed by atoms with Crippen LogP contribution in [0.1, 0.15) is 5.56 Å². The lowest BCUT2D eigenvalue weighted by Crippen LogP contribution is -2.09. The normalized spacial score (nSPS) is 11.2. The van der Waals surface area contributed by atoms with Gasteiger partial charge in [0.25, 0.3) is 0 Å². The van der Waals surface area contributed by atoms with Gasteiger partial charge in [0.15, 0.2) is 0 Å². The van der Waals surface area contributed by atoms with E-state index in [2.05, 4.69) is 81.0 Å². The van der Waals surface area contributed by atoms with E-state index in [1.165, 1.54) is 0 Å². The average molecular weight is 551 g/mol. The van der Waals surface area contributed by atoms with Crippen LogP contribution >= 0.6 is 0 Å². The van der Waals surface area contributed by atoms with Gasteiger partial charge in [0.1, 0.15) is 11.2 Å². The number of anilines is 3. The van der Waals surface area contributed by atoms with Crippen LogP contribution in [-0.4, -0.2) is 4.57 Å². The fraction of sp³-hybridized carbons (Fsp3) is 0. The standard InChI is InChI=1S/C38H22N4O/c1-40-33-23-29(17-16-25(33)24-39)42-34-20-18-28(41(26-10-4-2-5-11-26)27-12-6-3-7-13-27)22-32(34)37-35(42)21-19-31-30-14-8-9-15-36(30)43-38(31)37/h2-23H. The van der Waals surface area contributed by atoms with Crippen molar-refractivity contribution < 1.29 is 4.42 Å². The Hall–Kier alpha value is -6.30. The molecule has 8 rings (SSSR count). The minimum atomic E-state index is 0.329. The monoisotopic (exact) mass is 550 g/mol. The number of fused-ring (bicyclic) bond motifs is 7. The van der Waals surface area contributed by atoms with E-state index in [1.807, 2.05) is 60.7 Å². The first-order valence-electron chi connectivity index (χ1n) is 14.0. The van der Waals surface area contributed by atoms with Crippen LogP contribution in [0, 0.1) is 17.9 Å². The largest absolute Gasteiger partial charge is 0.455 e. The second-order valence-corrected chi connectivity index (χ2v) is 10.4. The molecule has 200 valence electrons. The number of nitriles is 1. The molecule has 43 heavy (non-hydrogen) atoms. The van der Waals surface area contributed by atoms with E-state index in [9.17, 15) is 5.26 Å². The number of furan rings is 1. The van der Waals surface area contributed by atoms with Crippen molar-refractivity contribution in [2.24, 2.45) is 0 Å². The van der Waals surface area contributed by atoms with Gasteiger partial charge in [0.05, 0.1) is 34.6 Å². The Morgan fingerprint density at radius 3 is 2.07 bits per heavy atom. The van der Waals surface area contributed by atoms with Crippen LogP contribution in [-0.2, 0) is 0 Å². The van der Waals surface area contributed by atoms with Crippen molar-refractivity contribution in [1.82, 2.24) is 4.57 Å². The van der Waals surface area contributed by atoms with Gasteiger partial charge in [-0.05, 0) is 72.8 Å². The van der Waals surface area contributed by atoms with E-state index in [0.29, 0.717) is 11.3 Å². The van der Waals surface area contributed by atoms with E-state index >= 15 is 0 Å². The highest BCUT2D eigenvalue weighted by atomic mass is 16.3. The van der Waals surface area contributed by atoms with Gasteiger partial charge >= 0.3 is 0 Å². The summed E-state index contributed by atoms with van der Waals surface area (Å²) in [6, 6.07) is 47.1. The van der Waals surface area contributed by atoms with Crippen molar-refractivity contribution in [1.29, 1.82) is 5.26 Å². The van der Waals surface area contributed by atoms with Crippen LogP contribution in [0.3, 0.4) is 0 Å². The van der Waals surface area contributed by atoms with Crippen LogP contribution in [0.4, 0.5) is 22.7 Å². The molecule has 0 aliphatic carbocycles. The summed E-state index contributed by atoms with van der Waals surface area (Å²) in [6.07, 6.45) is 0. The first kappa shape index (κ1) is 24.5. The molecule has 0 saturated heterocycles. The maximum absolute atomic E-state index is 9.56. The highest BCUT2D eigenvalue weighted by molar-refractivity contribution is 6.24. The zero-order chi connectivity index (χ0) is 28.9. The number of benzene rings is 6. The lowest BCUT2D eigenvalue weighted by molar-refractivity contribution is 0.673. The second kappa shape index (κ2) is 9.66. The molecule has 5 heteroatoms. The topological polar surface area (TPSA) is 49.5 Å². The molecule has 0 saturated carbocycles. The predicted octanol–water partition coefficient (Wildman–Crippen LogP) is 10.6. The van der Waals surface area contributed by atoms with Crippen LogP contribution in [0.25, 0.3) is 54.3 Å². The zero-order valence-electron chi connectivity index (χ0n) is 22.9. The Morgan fingerprint density at radius 2 is 1.35 bits per heavy atom. The summed E-state index contributed by atoms with van der Waals surface area (Å²) in [5.41, 5.74) is 8.24. The summed E-state index contributed by atoms with van der Waals surface area (Å²) in [5, 5.41) is 13.7. The molecular formula is C38H22N4O. The molecule has 0 radical (unpaired) electrons. The van der Waals surface area contributed by atoms with Gasteiger partial charge in [-0.1, -0.05) is 60.7 Å². The number of hydrogen-bond donors (Lipinski definition) is 0. The second-order valence-electron chi connectivity index (χ2n) is 10.4. The number of nitrogens with zero attached hydrogens (tertiary/aromatic N) is 4. The molecule has 0 bridgehead atoms. The van der Waals surface area contributed by atoms with Crippen LogP contribution in [0.5, 0.6) is 0 Å². The highest BCUT2D eigenvalue weighted by Gasteiger charge is 2.21. The molecular weight excluding hydrogens is 528 g/mol. The quantitative estimate of drug-likeness (QED) is 0.205. The lowest BCUT2D eigenvalue weighted by atomic mass is 10.1. The molecule has 0 N–H and O–H groups in total. The van der Waals surface area contributed by atoms with Crippen molar-refractivity contribution in [3.05, 3.63) is 150 Å². The molecule has 0 amide bonds. The maximum Gasteiger partial charge on any atom is 0.206 e. The molecule has 0 unspecified atom stereocenters. The van der Waals surface area contributed by atoms with E-state index in [-0.39, 0.29) is 0 Å². The molecule has 5 nitrogen and oxygen atoms in total. The number of aromatic nitrogens is 1. The summed E-state index contributed by atoms with van der Waals surface area (Å²) in [6.45, 7) is 7.69. The Balaban J connectivity index is 1.48. The Kier molecular flexibility index (Phi) is 5.50. The highest BCUT2D eigenvalue weighted by Crippen LogP contribution is 2.43. The fourth-order valence-corrected chi connectivity index (χ4v) is 6.14. The van der Waals surface area contributed by atoms with Gasteiger partial charge < -0.3 is 13.9 Å². The lowest BCUT2D eigenvalue weighted by Gasteiger charge is -2.25. The molecule has 0 aliphatic rings. The molecule has 0 atom stereocenters. The number of hydrogen-bond acceptors (Lipinski definition) is 3. The third kappa shape index (κ3) is 3.77. The van der Waals surface area contributed by atoms with Gasteiger partial charge in [-0.25, -0.2) is 4.85 Å². The molecule has 8 aromatic rings. The summed E-state index contributed by atoms with van der Waals surface area (Å²) in [7, 11) is 0. The maximum atomic E-state index is 9.56. The number of para-hydroxylation sites is 3. The van der Waals surface area contributed by atoms with Crippen LogP contribution in [0.2, 0.25) is 0 Å². The average Bonchev–Trinajstić information content (AvgIpc) is 3.61. The summed E-state index contributed by atoms with van der Waals surface area (Å²) < 4.78 is 8.71. The molecule has 0 fully saturated rings. The van der Waals surface area contributed by atoms with Gasteiger partial charge in [0, 0.05) is 38.9 Å². The Bertz CT molecular complexity index is 2380. The SMILES string of the molecule is [C-]#[N+]c1cc(-n2c3ccc(N(c4ccccc4)c4ccccc4)cc3c3c4oc5ccccc5c4ccc32)ccc1C#N. The van der Waals surface area contributed by atoms with Crippen molar-refractivity contribution in [2.75, 3.05) is 4.90 Å². The summed E-state index contributed by atoms with van der Waals surface area (Å²) in [4.78, 5) is 5.89. The van der Waals surface area contributed by atoms with E-state index in [4.69, 9.17) is 11.0 Å². The smallest absolute Gasteiger partial charge is 0.206 e. The fourth-order valence-electron chi connectivity index (χ4n) is 6.14. The van der Waals surface area contributed by atoms with Gasteiger partial charge in [-0.15, -0.1) is 0 Å². The summed E-state index contributed by atoms with van der Waals surface area (Å²) in [5.74, 6) is 0. The zero-order valence-corrected chi connectivity index (χ0v) is 22.9. The molecule has 0 aliphatic heterocycles. The molecule has 2 aromatic heterocycles. The minimum Gasteiger partial charge on any atom is -0.455 e. The van der Waals surface area contributed by atoms with Crippen molar-refractivity contribution >= 4 is 66.5 Å². The number of rotatable bonds is 4. The van der Waals surface area contributed by atoms with Crippen molar-refractivity contribution in [3.8, 4) is 11.8 Å². The van der Waals surface area contributed by atoms with Crippen molar-refractivity contribution in [3.63, 3.8) is 0 Å². The van der Waals surface area contributed by atoms with E-state index in [1.54, 1.807) is 12.1 Å².